The molecule has 0 aromatic carbocycles. The summed E-state index contributed by atoms with van der Waals surface area (Å²) < 4.78 is 27.9. The molecule has 1 rings (SSSR count). The first-order chi connectivity index (χ1) is 5.20. The number of ether oxygens (including phenoxy) is 1. The molecule has 0 amide bonds. The lowest BCUT2D eigenvalue weighted by Crippen LogP contribution is -2.44. The van der Waals surface area contributed by atoms with Gasteiger partial charge in [0.25, 0.3) is 0 Å². The van der Waals surface area contributed by atoms with Gasteiger partial charge in [-0.15, -0.1) is 0 Å². The fourth-order valence-corrected chi connectivity index (χ4v) is 1.33. The van der Waals surface area contributed by atoms with E-state index in [1.165, 1.54) is 0 Å². The van der Waals surface area contributed by atoms with E-state index in [-0.39, 0.29) is 12.1 Å². The van der Waals surface area contributed by atoms with Crippen molar-refractivity contribution < 1.29 is 13.5 Å². The fraction of sp³-hybridized carbons (Fsp3) is 1.00. The fourth-order valence-electron chi connectivity index (χ4n) is 1.33. The van der Waals surface area contributed by atoms with Crippen LogP contribution >= 0.6 is 0 Å². The number of halogens is 2. The molecule has 66 valence electrons. The van der Waals surface area contributed by atoms with Crippen LogP contribution in [0.25, 0.3) is 0 Å². The van der Waals surface area contributed by atoms with Crippen LogP contribution in [0.15, 0.2) is 0 Å². The van der Waals surface area contributed by atoms with Crippen LogP contribution in [-0.4, -0.2) is 25.3 Å². The van der Waals surface area contributed by atoms with Crippen molar-refractivity contribution in [1.82, 2.24) is 5.32 Å². The second kappa shape index (κ2) is 3.97. The lowest BCUT2D eigenvalue weighted by atomic mass is 10.0. The van der Waals surface area contributed by atoms with Gasteiger partial charge in [0.2, 0.25) is 0 Å². The minimum atomic E-state index is -2.64. The number of alkyl halides is 2. The first-order valence-corrected chi connectivity index (χ1v) is 3.87. The smallest absolute Gasteiger partial charge is 0.318 e. The highest BCUT2D eigenvalue weighted by Gasteiger charge is 2.24. The molecule has 1 saturated heterocycles. The normalized spacial score (nSPS) is 32.7. The standard InChI is InChI=1S/C7H13F2NO/c1-5-6(11-7(8)9)3-2-4-10-5/h5-7,10H,2-4H2,1H3. The summed E-state index contributed by atoms with van der Waals surface area (Å²) in [6.07, 6.45) is 1.34. The summed E-state index contributed by atoms with van der Waals surface area (Å²) in [6, 6.07) is 0.0535. The van der Waals surface area contributed by atoms with E-state index in [0.29, 0.717) is 0 Å². The molecule has 0 bridgehead atoms. The minimum absolute atomic E-state index is 0.0535. The molecule has 0 aliphatic carbocycles. The van der Waals surface area contributed by atoms with Gasteiger partial charge in [-0.3, -0.25) is 0 Å². The molecule has 2 nitrogen and oxygen atoms in total. The quantitative estimate of drug-likeness (QED) is 0.667. The predicted molar refractivity (Wildman–Crippen MR) is 37.6 cm³/mol. The summed E-state index contributed by atoms with van der Waals surface area (Å²) >= 11 is 0. The van der Waals surface area contributed by atoms with Gasteiger partial charge in [-0.25, -0.2) is 0 Å². The molecule has 0 spiro atoms. The van der Waals surface area contributed by atoms with Gasteiger partial charge in [-0.1, -0.05) is 0 Å². The van der Waals surface area contributed by atoms with Crippen molar-refractivity contribution in [3.63, 3.8) is 0 Å². The first-order valence-electron chi connectivity index (χ1n) is 3.87. The van der Waals surface area contributed by atoms with Crippen LogP contribution in [0, 0.1) is 0 Å². The summed E-state index contributed by atoms with van der Waals surface area (Å²) in [6.45, 7) is 0.138. The van der Waals surface area contributed by atoms with Crippen LogP contribution in [0.3, 0.4) is 0 Å². The van der Waals surface area contributed by atoms with Crippen LogP contribution in [0.2, 0.25) is 0 Å². The Hall–Kier alpha value is -0.220. The first kappa shape index (κ1) is 8.87. The van der Waals surface area contributed by atoms with Crippen molar-refractivity contribution in [2.45, 2.75) is 38.5 Å². The highest BCUT2D eigenvalue weighted by molar-refractivity contribution is 4.77. The highest BCUT2D eigenvalue weighted by atomic mass is 19.3. The molecule has 0 aromatic heterocycles. The second-order valence-corrected chi connectivity index (χ2v) is 2.82. The number of hydrogen-bond donors (Lipinski definition) is 1. The molecule has 11 heavy (non-hydrogen) atoms. The zero-order valence-corrected chi connectivity index (χ0v) is 6.52. The van der Waals surface area contributed by atoms with E-state index >= 15 is 0 Å². The Balaban J connectivity index is 2.29. The van der Waals surface area contributed by atoms with Crippen molar-refractivity contribution in [3.8, 4) is 0 Å². The zero-order chi connectivity index (χ0) is 8.27. The highest BCUT2D eigenvalue weighted by Crippen LogP contribution is 2.14. The van der Waals surface area contributed by atoms with E-state index in [4.69, 9.17) is 0 Å². The lowest BCUT2D eigenvalue weighted by molar-refractivity contribution is -0.174. The molecule has 1 fully saturated rings. The van der Waals surface area contributed by atoms with E-state index < -0.39 is 6.61 Å². The maximum Gasteiger partial charge on any atom is 0.345 e. The summed E-state index contributed by atoms with van der Waals surface area (Å²) in [5.74, 6) is 0. The van der Waals surface area contributed by atoms with E-state index in [2.05, 4.69) is 10.1 Å². The summed E-state index contributed by atoms with van der Waals surface area (Å²) in [5, 5.41) is 3.08. The number of piperidine rings is 1. The second-order valence-electron chi connectivity index (χ2n) is 2.82. The Bertz CT molecular complexity index is 121. The summed E-state index contributed by atoms with van der Waals surface area (Å²) in [7, 11) is 0. The molecule has 2 unspecified atom stereocenters. The number of rotatable bonds is 2. The van der Waals surface area contributed by atoms with Gasteiger partial charge in [0, 0.05) is 6.04 Å². The van der Waals surface area contributed by atoms with Gasteiger partial charge in [0.1, 0.15) is 0 Å². The van der Waals surface area contributed by atoms with Crippen LogP contribution < -0.4 is 5.32 Å². The zero-order valence-electron chi connectivity index (χ0n) is 6.52. The van der Waals surface area contributed by atoms with E-state index in [1.807, 2.05) is 6.92 Å². The van der Waals surface area contributed by atoms with Gasteiger partial charge in [-0.2, -0.15) is 8.78 Å². The van der Waals surface area contributed by atoms with Crippen molar-refractivity contribution in [1.29, 1.82) is 0 Å². The maximum atomic E-state index is 11.7. The molecule has 1 heterocycles. The van der Waals surface area contributed by atoms with E-state index in [0.717, 1.165) is 19.4 Å². The lowest BCUT2D eigenvalue weighted by Gasteiger charge is -2.29. The Morgan fingerprint density at radius 2 is 2.27 bits per heavy atom. The van der Waals surface area contributed by atoms with Gasteiger partial charge < -0.3 is 10.1 Å². The Kier molecular flexibility index (Phi) is 3.20. The van der Waals surface area contributed by atoms with E-state index in [1.54, 1.807) is 0 Å². The largest absolute Gasteiger partial charge is 0.345 e. The van der Waals surface area contributed by atoms with Gasteiger partial charge >= 0.3 is 6.61 Å². The Labute approximate surface area is 64.9 Å². The van der Waals surface area contributed by atoms with Crippen molar-refractivity contribution in [3.05, 3.63) is 0 Å². The molecular weight excluding hydrogens is 152 g/mol. The van der Waals surface area contributed by atoms with Crippen molar-refractivity contribution in [2.75, 3.05) is 6.54 Å². The Morgan fingerprint density at radius 3 is 2.82 bits per heavy atom. The predicted octanol–water partition coefficient (Wildman–Crippen LogP) is 1.37. The van der Waals surface area contributed by atoms with Crippen LogP contribution in [-0.2, 0) is 4.74 Å². The monoisotopic (exact) mass is 165 g/mol. The summed E-state index contributed by atoms with van der Waals surface area (Å²) in [4.78, 5) is 0. The average molecular weight is 165 g/mol. The third-order valence-electron chi connectivity index (χ3n) is 1.97. The minimum Gasteiger partial charge on any atom is -0.318 e. The van der Waals surface area contributed by atoms with Crippen molar-refractivity contribution >= 4 is 0 Å². The van der Waals surface area contributed by atoms with Crippen LogP contribution in [0.1, 0.15) is 19.8 Å². The molecule has 1 N–H and O–H groups in total. The molecule has 0 radical (unpaired) electrons. The van der Waals surface area contributed by atoms with Crippen LogP contribution in [0.5, 0.6) is 0 Å². The third kappa shape index (κ3) is 2.71. The van der Waals surface area contributed by atoms with Gasteiger partial charge in [0.05, 0.1) is 6.10 Å². The topological polar surface area (TPSA) is 21.3 Å². The van der Waals surface area contributed by atoms with Gasteiger partial charge in [0.15, 0.2) is 0 Å². The van der Waals surface area contributed by atoms with Crippen LogP contribution in [0.4, 0.5) is 8.78 Å². The third-order valence-corrected chi connectivity index (χ3v) is 1.97. The molecule has 0 saturated carbocycles. The molecule has 0 aromatic rings. The van der Waals surface area contributed by atoms with E-state index in [9.17, 15) is 8.78 Å². The number of nitrogens with one attached hydrogen (secondary N) is 1. The maximum absolute atomic E-state index is 11.7. The van der Waals surface area contributed by atoms with Gasteiger partial charge in [-0.05, 0) is 26.3 Å². The molecule has 1 aliphatic heterocycles. The summed E-state index contributed by atoms with van der Waals surface area (Å²) in [5.41, 5.74) is 0. The molecule has 2 atom stereocenters. The molecule has 4 heteroatoms. The number of hydrogen-bond acceptors (Lipinski definition) is 2. The molecular formula is C7H13F2NO. The average Bonchev–Trinajstić information content (AvgIpc) is 1.93. The Morgan fingerprint density at radius 1 is 1.55 bits per heavy atom. The molecule has 1 aliphatic rings. The van der Waals surface area contributed by atoms with Crippen molar-refractivity contribution in [2.24, 2.45) is 0 Å². The SMILES string of the molecule is CC1NCCCC1OC(F)F.